The fourth-order valence-electron chi connectivity index (χ4n) is 3.34. The molecule has 2 fully saturated rings. The number of benzene rings is 1. The zero-order valence-corrected chi connectivity index (χ0v) is 15.0. The maximum atomic E-state index is 12.5. The van der Waals surface area contributed by atoms with Crippen molar-refractivity contribution in [1.29, 1.82) is 0 Å². The second kappa shape index (κ2) is 7.58. The van der Waals surface area contributed by atoms with Gasteiger partial charge < -0.3 is 10.2 Å². The third-order valence-electron chi connectivity index (χ3n) is 5.00. The van der Waals surface area contributed by atoms with Crippen LogP contribution in [0.25, 0.3) is 0 Å². The van der Waals surface area contributed by atoms with Crippen LogP contribution in [0.15, 0.2) is 18.2 Å². The summed E-state index contributed by atoms with van der Waals surface area (Å²) in [6, 6.07) is 6.86. The van der Waals surface area contributed by atoms with Crippen LogP contribution in [0.5, 0.6) is 0 Å². The lowest BCUT2D eigenvalue weighted by Crippen LogP contribution is -2.40. The highest BCUT2D eigenvalue weighted by Gasteiger charge is 2.26. The monoisotopic (exact) mass is 333 g/mol. The molecule has 0 saturated carbocycles. The SMILES string of the molecule is Cc1ccc(NC(=O)N2CCCN(C3CCSC3)CC2)cc1C. The van der Waals surface area contributed by atoms with Gasteiger partial charge in [-0.25, -0.2) is 4.79 Å². The minimum atomic E-state index is 0.0379. The Kier molecular flexibility index (Phi) is 5.49. The van der Waals surface area contributed by atoms with Crippen molar-refractivity contribution >= 4 is 23.5 Å². The first-order valence-corrected chi connectivity index (χ1v) is 9.74. The highest BCUT2D eigenvalue weighted by Crippen LogP contribution is 2.23. The summed E-state index contributed by atoms with van der Waals surface area (Å²) >= 11 is 2.06. The van der Waals surface area contributed by atoms with Crippen molar-refractivity contribution in [2.45, 2.75) is 32.7 Å². The molecule has 3 rings (SSSR count). The van der Waals surface area contributed by atoms with Crippen LogP contribution in [0.1, 0.15) is 24.0 Å². The van der Waals surface area contributed by atoms with Gasteiger partial charge in [0.15, 0.2) is 0 Å². The number of hydrogen-bond donors (Lipinski definition) is 1. The summed E-state index contributed by atoms with van der Waals surface area (Å²) in [5.74, 6) is 2.55. The first kappa shape index (κ1) is 16.7. The number of thioether (sulfide) groups is 1. The van der Waals surface area contributed by atoms with Gasteiger partial charge in [0.25, 0.3) is 0 Å². The Hall–Kier alpha value is -1.20. The molecule has 1 aromatic rings. The minimum Gasteiger partial charge on any atom is -0.323 e. The van der Waals surface area contributed by atoms with E-state index in [0.29, 0.717) is 0 Å². The van der Waals surface area contributed by atoms with Gasteiger partial charge in [-0.05, 0) is 55.7 Å². The van der Waals surface area contributed by atoms with Crippen molar-refractivity contribution in [3.05, 3.63) is 29.3 Å². The standard InChI is InChI=1S/C18H27N3OS/c1-14-4-5-16(12-15(14)2)19-18(22)21-8-3-7-20(9-10-21)17-6-11-23-13-17/h4-5,12,17H,3,6-11,13H2,1-2H3,(H,19,22). The number of carbonyl (C=O) groups is 1. The van der Waals surface area contributed by atoms with Crippen molar-refractivity contribution < 1.29 is 4.79 Å². The van der Waals surface area contributed by atoms with E-state index in [1.807, 2.05) is 17.0 Å². The molecule has 2 heterocycles. The van der Waals surface area contributed by atoms with Crippen LogP contribution in [-0.4, -0.2) is 59.6 Å². The summed E-state index contributed by atoms with van der Waals surface area (Å²) in [4.78, 5) is 17.1. The second-order valence-corrected chi connectivity index (χ2v) is 7.77. The number of nitrogens with one attached hydrogen (secondary N) is 1. The van der Waals surface area contributed by atoms with E-state index < -0.39 is 0 Å². The minimum absolute atomic E-state index is 0.0379. The van der Waals surface area contributed by atoms with Gasteiger partial charge in [0.05, 0.1) is 0 Å². The Morgan fingerprint density at radius 2 is 2.04 bits per heavy atom. The number of carbonyl (C=O) groups excluding carboxylic acids is 1. The molecule has 2 saturated heterocycles. The first-order chi connectivity index (χ1) is 11.1. The Labute approximate surface area is 143 Å². The zero-order chi connectivity index (χ0) is 16.2. The predicted molar refractivity (Wildman–Crippen MR) is 98.4 cm³/mol. The summed E-state index contributed by atoms with van der Waals surface area (Å²) in [6.45, 7) is 7.98. The van der Waals surface area contributed by atoms with Gasteiger partial charge in [-0.15, -0.1) is 0 Å². The third-order valence-corrected chi connectivity index (χ3v) is 6.14. The number of rotatable bonds is 2. The fraction of sp³-hybridized carbons (Fsp3) is 0.611. The molecule has 1 atom stereocenters. The van der Waals surface area contributed by atoms with Gasteiger partial charge in [-0.3, -0.25) is 4.90 Å². The number of urea groups is 1. The van der Waals surface area contributed by atoms with E-state index in [4.69, 9.17) is 0 Å². The molecule has 0 bridgehead atoms. The van der Waals surface area contributed by atoms with Gasteiger partial charge in [-0.2, -0.15) is 11.8 Å². The molecule has 23 heavy (non-hydrogen) atoms. The lowest BCUT2D eigenvalue weighted by atomic mass is 10.1. The third kappa shape index (κ3) is 4.21. The maximum absolute atomic E-state index is 12.5. The van der Waals surface area contributed by atoms with E-state index in [1.54, 1.807) is 0 Å². The average Bonchev–Trinajstić information content (AvgIpc) is 2.95. The van der Waals surface area contributed by atoms with Crippen LogP contribution >= 0.6 is 11.8 Å². The first-order valence-electron chi connectivity index (χ1n) is 8.58. The zero-order valence-electron chi connectivity index (χ0n) is 14.2. The fourth-order valence-corrected chi connectivity index (χ4v) is 4.59. The van der Waals surface area contributed by atoms with Crippen LogP contribution in [0.4, 0.5) is 10.5 Å². The molecule has 1 aromatic carbocycles. The summed E-state index contributed by atoms with van der Waals surface area (Å²) in [5.41, 5.74) is 3.36. The van der Waals surface area contributed by atoms with Gasteiger partial charge in [0.1, 0.15) is 0 Å². The summed E-state index contributed by atoms with van der Waals surface area (Å²) < 4.78 is 0. The molecule has 126 valence electrons. The molecule has 0 radical (unpaired) electrons. The molecule has 2 aliphatic rings. The summed E-state index contributed by atoms with van der Waals surface area (Å²) in [7, 11) is 0. The molecule has 2 amide bonds. The molecule has 2 aliphatic heterocycles. The van der Waals surface area contributed by atoms with Crippen LogP contribution in [0.2, 0.25) is 0 Å². The maximum Gasteiger partial charge on any atom is 0.321 e. The lowest BCUT2D eigenvalue weighted by Gasteiger charge is -2.26. The lowest BCUT2D eigenvalue weighted by molar-refractivity contribution is 0.202. The highest BCUT2D eigenvalue weighted by molar-refractivity contribution is 7.99. The van der Waals surface area contributed by atoms with Crippen LogP contribution in [0.3, 0.4) is 0 Å². The molecule has 5 heteroatoms. The topological polar surface area (TPSA) is 35.6 Å². The van der Waals surface area contributed by atoms with Gasteiger partial charge in [0, 0.05) is 43.7 Å². The smallest absolute Gasteiger partial charge is 0.321 e. The number of aryl methyl sites for hydroxylation is 2. The van der Waals surface area contributed by atoms with E-state index in [-0.39, 0.29) is 6.03 Å². The Bertz CT molecular complexity index is 557. The van der Waals surface area contributed by atoms with E-state index in [0.717, 1.165) is 44.3 Å². The van der Waals surface area contributed by atoms with Gasteiger partial charge in [-0.1, -0.05) is 6.07 Å². The van der Waals surface area contributed by atoms with Gasteiger partial charge in [0.2, 0.25) is 0 Å². The molecular formula is C18H27N3OS. The number of nitrogens with zero attached hydrogens (tertiary/aromatic N) is 2. The largest absolute Gasteiger partial charge is 0.323 e. The van der Waals surface area contributed by atoms with Crippen LogP contribution in [0, 0.1) is 13.8 Å². The Balaban J connectivity index is 1.56. The number of hydrogen-bond acceptors (Lipinski definition) is 3. The van der Waals surface area contributed by atoms with Crippen molar-refractivity contribution in [1.82, 2.24) is 9.80 Å². The van der Waals surface area contributed by atoms with Crippen molar-refractivity contribution in [2.24, 2.45) is 0 Å². The van der Waals surface area contributed by atoms with E-state index in [2.05, 4.69) is 41.9 Å². The molecule has 0 aromatic heterocycles. The van der Waals surface area contributed by atoms with Crippen LogP contribution in [-0.2, 0) is 0 Å². The Morgan fingerprint density at radius 1 is 1.17 bits per heavy atom. The number of anilines is 1. The van der Waals surface area contributed by atoms with Crippen molar-refractivity contribution in [3.8, 4) is 0 Å². The summed E-state index contributed by atoms with van der Waals surface area (Å²) in [6.07, 6.45) is 2.38. The molecule has 0 spiro atoms. The van der Waals surface area contributed by atoms with Crippen LogP contribution < -0.4 is 5.32 Å². The normalized spacial score (nSPS) is 22.9. The highest BCUT2D eigenvalue weighted by atomic mass is 32.2. The van der Waals surface area contributed by atoms with E-state index >= 15 is 0 Å². The molecule has 1 N–H and O–H groups in total. The molecule has 1 unspecified atom stereocenters. The summed E-state index contributed by atoms with van der Waals surface area (Å²) in [5, 5.41) is 3.06. The quantitative estimate of drug-likeness (QED) is 0.901. The number of amides is 2. The molecule has 0 aliphatic carbocycles. The second-order valence-electron chi connectivity index (χ2n) is 6.62. The van der Waals surface area contributed by atoms with Crippen molar-refractivity contribution in [2.75, 3.05) is 43.0 Å². The van der Waals surface area contributed by atoms with Crippen molar-refractivity contribution in [3.63, 3.8) is 0 Å². The Morgan fingerprint density at radius 3 is 2.78 bits per heavy atom. The predicted octanol–water partition coefficient (Wildman–Crippen LogP) is 3.35. The van der Waals surface area contributed by atoms with E-state index in [9.17, 15) is 4.79 Å². The van der Waals surface area contributed by atoms with E-state index in [1.165, 1.54) is 29.1 Å². The van der Waals surface area contributed by atoms with Gasteiger partial charge >= 0.3 is 6.03 Å². The average molecular weight is 334 g/mol. The molecule has 4 nitrogen and oxygen atoms in total. The molecular weight excluding hydrogens is 306 g/mol.